The molecule has 72 valence electrons. The minimum absolute atomic E-state index is 0.183. The second-order valence-electron chi connectivity index (χ2n) is 3.51. The van der Waals surface area contributed by atoms with Crippen molar-refractivity contribution in [1.82, 2.24) is 4.98 Å². The minimum atomic E-state index is -0.183. The maximum atomic E-state index is 5.73. The fraction of sp³-hybridized carbons (Fsp3) is 0.500. The summed E-state index contributed by atoms with van der Waals surface area (Å²) in [6.45, 7) is 6.12. The highest BCUT2D eigenvalue weighted by molar-refractivity contribution is 6.29. The molecule has 0 fully saturated rings. The number of hydrogen-bond acceptors (Lipinski definition) is 2. The number of halogens is 1. The molecule has 13 heavy (non-hydrogen) atoms. The number of rotatable bonds is 3. The lowest BCUT2D eigenvalue weighted by atomic mass is 10.1. The Morgan fingerprint density at radius 1 is 1.46 bits per heavy atom. The van der Waals surface area contributed by atoms with Crippen molar-refractivity contribution in [3.63, 3.8) is 0 Å². The van der Waals surface area contributed by atoms with Crippen LogP contribution in [0.15, 0.2) is 18.2 Å². The normalized spacial score (nSPS) is 11.4. The standard InChI is InChI=1S/C10H14ClNO/c1-4-10(2,3)13-9-7-5-6-8(11)12-9/h5-7H,4H2,1-3H3. The van der Waals surface area contributed by atoms with Gasteiger partial charge in [0.05, 0.1) is 0 Å². The molecule has 0 amide bonds. The van der Waals surface area contributed by atoms with Crippen molar-refractivity contribution in [3.8, 4) is 5.88 Å². The van der Waals surface area contributed by atoms with Crippen LogP contribution in [0, 0.1) is 0 Å². The van der Waals surface area contributed by atoms with E-state index in [-0.39, 0.29) is 5.60 Å². The summed E-state index contributed by atoms with van der Waals surface area (Å²) in [4.78, 5) is 4.05. The molecule has 1 aromatic heterocycles. The van der Waals surface area contributed by atoms with Crippen molar-refractivity contribution in [3.05, 3.63) is 23.4 Å². The van der Waals surface area contributed by atoms with E-state index in [2.05, 4.69) is 11.9 Å². The number of hydrogen-bond donors (Lipinski definition) is 0. The lowest BCUT2D eigenvalue weighted by Crippen LogP contribution is -2.27. The summed E-state index contributed by atoms with van der Waals surface area (Å²) < 4.78 is 5.64. The molecule has 1 heterocycles. The van der Waals surface area contributed by atoms with Crippen LogP contribution in [0.5, 0.6) is 5.88 Å². The molecule has 2 nitrogen and oxygen atoms in total. The van der Waals surface area contributed by atoms with Crippen LogP contribution in [0.2, 0.25) is 5.15 Å². The van der Waals surface area contributed by atoms with E-state index in [0.29, 0.717) is 11.0 Å². The average Bonchev–Trinajstić information content (AvgIpc) is 2.03. The van der Waals surface area contributed by atoms with Gasteiger partial charge >= 0.3 is 0 Å². The van der Waals surface area contributed by atoms with Crippen molar-refractivity contribution >= 4 is 11.6 Å². The Balaban J connectivity index is 2.74. The molecule has 1 aromatic rings. The second-order valence-corrected chi connectivity index (χ2v) is 3.90. The van der Waals surface area contributed by atoms with Crippen LogP contribution in [0.25, 0.3) is 0 Å². The minimum Gasteiger partial charge on any atom is -0.472 e. The highest BCUT2D eigenvalue weighted by atomic mass is 35.5. The first-order valence-corrected chi connectivity index (χ1v) is 4.73. The largest absolute Gasteiger partial charge is 0.472 e. The Hall–Kier alpha value is -0.760. The van der Waals surface area contributed by atoms with Crippen LogP contribution in [0.1, 0.15) is 27.2 Å². The first-order chi connectivity index (χ1) is 6.03. The SMILES string of the molecule is CCC(C)(C)Oc1cccc(Cl)n1. The van der Waals surface area contributed by atoms with Gasteiger partial charge in [0, 0.05) is 6.07 Å². The van der Waals surface area contributed by atoms with Crippen molar-refractivity contribution in [2.45, 2.75) is 32.8 Å². The average molecular weight is 200 g/mol. The molecule has 0 aliphatic heterocycles. The van der Waals surface area contributed by atoms with E-state index in [1.54, 1.807) is 6.07 Å². The van der Waals surface area contributed by atoms with Crippen LogP contribution >= 0.6 is 11.6 Å². The van der Waals surface area contributed by atoms with Gasteiger partial charge in [0.25, 0.3) is 0 Å². The van der Waals surface area contributed by atoms with Gasteiger partial charge < -0.3 is 4.74 Å². The molecular weight excluding hydrogens is 186 g/mol. The maximum absolute atomic E-state index is 5.73. The van der Waals surface area contributed by atoms with Crippen molar-refractivity contribution in [1.29, 1.82) is 0 Å². The molecule has 0 bridgehead atoms. The number of aromatic nitrogens is 1. The Bertz CT molecular complexity index is 286. The number of ether oxygens (including phenoxy) is 1. The number of pyridine rings is 1. The number of nitrogens with zero attached hydrogens (tertiary/aromatic N) is 1. The predicted molar refractivity (Wildman–Crippen MR) is 54.2 cm³/mol. The van der Waals surface area contributed by atoms with E-state index < -0.39 is 0 Å². The van der Waals surface area contributed by atoms with Gasteiger partial charge in [-0.25, -0.2) is 4.98 Å². The first kappa shape index (κ1) is 10.3. The predicted octanol–water partition coefficient (Wildman–Crippen LogP) is 3.30. The van der Waals surface area contributed by atoms with Crippen molar-refractivity contribution < 1.29 is 4.74 Å². The second kappa shape index (κ2) is 3.97. The Labute approximate surface area is 83.9 Å². The smallest absolute Gasteiger partial charge is 0.215 e. The summed E-state index contributed by atoms with van der Waals surface area (Å²) in [5, 5.41) is 0.462. The van der Waals surface area contributed by atoms with Gasteiger partial charge in [0.15, 0.2) is 0 Å². The molecule has 0 aliphatic carbocycles. The molecule has 3 heteroatoms. The Morgan fingerprint density at radius 2 is 2.15 bits per heavy atom. The lowest BCUT2D eigenvalue weighted by molar-refractivity contribution is 0.0991. The van der Waals surface area contributed by atoms with E-state index in [1.807, 2.05) is 26.0 Å². The molecule has 0 spiro atoms. The topological polar surface area (TPSA) is 22.1 Å². The molecule has 0 unspecified atom stereocenters. The van der Waals surface area contributed by atoms with Gasteiger partial charge in [0.1, 0.15) is 10.8 Å². The van der Waals surface area contributed by atoms with Crippen LogP contribution in [0.3, 0.4) is 0 Å². The summed E-state index contributed by atoms with van der Waals surface area (Å²) >= 11 is 5.73. The first-order valence-electron chi connectivity index (χ1n) is 4.35. The Kier molecular flexibility index (Phi) is 3.15. The fourth-order valence-electron chi connectivity index (χ4n) is 0.802. The van der Waals surface area contributed by atoms with E-state index >= 15 is 0 Å². The van der Waals surface area contributed by atoms with E-state index in [0.717, 1.165) is 6.42 Å². The molecule has 0 saturated heterocycles. The highest BCUT2D eigenvalue weighted by Gasteiger charge is 2.17. The third-order valence-corrected chi connectivity index (χ3v) is 2.13. The maximum Gasteiger partial charge on any atom is 0.215 e. The third-order valence-electron chi connectivity index (χ3n) is 1.92. The van der Waals surface area contributed by atoms with Gasteiger partial charge in [-0.2, -0.15) is 0 Å². The summed E-state index contributed by atoms with van der Waals surface area (Å²) in [6.07, 6.45) is 0.932. The van der Waals surface area contributed by atoms with Crippen LogP contribution in [0.4, 0.5) is 0 Å². The van der Waals surface area contributed by atoms with Gasteiger partial charge in [-0.05, 0) is 26.3 Å². The quantitative estimate of drug-likeness (QED) is 0.697. The summed E-state index contributed by atoms with van der Waals surface area (Å²) in [6, 6.07) is 5.37. The summed E-state index contributed by atoms with van der Waals surface area (Å²) in [5.41, 5.74) is -0.183. The van der Waals surface area contributed by atoms with Gasteiger partial charge in [-0.1, -0.05) is 24.6 Å². The van der Waals surface area contributed by atoms with Gasteiger partial charge in [0.2, 0.25) is 5.88 Å². The molecular formula is C10H14ClNO. The highest BCUT2D eigenvalue weighted by Crippen LogP contribution is 2.19. The molecule has 0 atom stereocenters. The van der Waals surface area contributed by atoms with Crippen LogP contribution < -0.4 is 4.74 Å². The molecule has 0 radical (unpaired) electrons. The Morgan fingerprint density at radius 3 is 2.69 bits per heavy atom. The van der Waals surface area contributed by atoms with E-state index in [1.165, 1.54) is 0 Å². The van der Waals surface area contributed by atoms with Gasteiger partial charge in [-0.3, -0.25) is 0 Å². The molecule has 0 saturated carbocycles. The van der Waals surface area contributed by atoms with Gasteiger partial charge in [-0.15, -0.1) is 0 Å². The zero-order valence-electron chi connectivity index (χ0n) is 8.17. The molecule has 1 rings (SSSR count). The summed E-state index contributed by atoms with van der Waals surface area (Å²) in [5.74, 6) is 0.583. The molecule has 0 aliphatic rings. The van der Waals surface area contributed by atoms with Crippen molar-refractivity contribution in [2.24, 2.45) is 0 Å². The molecule has 0 N–H and O–H groups in total. The van der Waals surface area contributed by atoms with Crippen LogP contribution in [-0.2, 0) is 0 Å². The lowest BCUT2D eigenvalue weighted by Gasteiger charge is -2.23. The molecule has 0 aromatic carbocycles. The van der Waals surface area contributed by atoms with Crippen molar-refractivity contribution in [2.75, 3.05) is 0 Å². The van der Waals surface area contributed by atoms with Crippen LogP contribution in [-0.4, -0.2) is 10.6 Å². The zero-order chi connectivity index (χ0) is 9.90. The van der Waals surface area contributed by atoms with E-state index in [4.69, 9.17) is 16.3 Å². The zero-order valence-corrected chi connectivity index (χ0v) is 8.93. The monoisotopic (exact) mass is 199 g/mol. The third kappa shape index (κ3) is 3.23. The fourth-order valence-corrected chi connectivity index (χ4v) is 0.958. The van der Waals surface area contributed by atoms with E-state index in [9.17, 15) is 0 Å². The summed E-state index contributed by atoms with van der Waals surface area (Å²) in [7, 11) is 0.